The average Bonchev–Trinajstić information content (AvgIpc) is 2.26. The maximum Gasteiger partial charge on any atom is 0.303 e. The smallest absolute Gasteiger partial charge is 0.303 e. The van der Waals surface area contributed by atoms with Gasteiger partial charge < -0.3 is 10.4 Å². The number of amides is 1. The molecule has 1 atom stereocenters. The van der Waals surface area contributed by atoms with E-state index in [0.717, 1.165) is 5.69 Å². The van der Waals surface area contributed by atoms with Gasteiger partial charge in [-0.05, 0) is 18.6 Å². The van der Waals surface area contributed by atoms with E-state index in [2.05, 4.69) is 10.3 Å². The Balaban J connectivity index is 2.56. The van der Waals surface area contributed by atoms with E-state index in [0.29, 0.717) is 12.8 Å². The summed E-state index contributed by atoms with van der Waals surface area (Å²) in [5, 5.41) is 11.4. The molecule has 0 saturated carbocycles. The summed E-state index contributed by atoms with van der Waals surface area (Å²) in [5.41, 5.74) is 0.844. The average molecular weight is 236 g/mol. The number of nitrogens with zero attached hydrogens (tertiary/aromatic N) is 1. The molecule has 0 aliphatic rings. The van der Waals surface area contributed by atoms with Crippen molar-refractivity contribution in [3.8, 4) is 0 Å². The third-order valence-electron chi connectivity index (χ3n) is 2.30. The van der Waals surface area contributed by atoms with Crippen LogP contribution in [0.3, 0.4) is 0 Å². The maximum absolute atomic E-state index is 11.0. The predicted octanol–water partition coefficient (Wildman–Crippen LogP) is 0.994. The normalized spacial score (nSPS) is 11.8. The van der Waals surface area contributed by atoms with E-state index in [-0.39, 0.29) is 18.4 Å². The van der Waals surface area contributed by atoms with Crippen molar-refractivity contribution in [1.29, 1.82) is 0 Å². The Kier molecular flexibility index (Phi) is 5.13. The van der Waals surface area contributed by atoms with Crippen molar-refractivity contribution in [2.75, 3.05) is 0 Å². The minimum atomic E-state index is -0.860. The topological polar surface area (TPSA) is 79.3 Å². The SMILES string of the molecule is CC(=O)NC(CCC(=O)O)Cc1ccccn1. The molecule has 92 valence electrons. The summed E-state index contributed by atoms with van der Waals surface area (Å²) in [6.45, 7) is 1.42. The van der Waals surface area contributed by atoms with Gasteiger partial charge in [-0.2, -0.15) is 0 Å². The zero-order chi connectivity index (χ0) is 12.7. The van der Waals surface area contributed by atoms with Crippen molar-refractivity contribution in [3.63, 3.8) is 0 Å². The van der Waals surface area contributed by atoms with Gasteiger partial charge >= 0.3 is 5.97 Å². The molecule has 0 radical (unpaired) electrons. The van der Waals surface area contributed by atoms with Gasteiger partial charge in [0, 0.05) is 37.7 Å². The zero-order valence-electron chi connectivity index (χ0n) is 9.72. The van der Waals surface area contributed by atoms with Gasteiger partial charge in [0.15, 0.2) is 0 Å². The summed E-state index contributed by atoms with van der Waals surface area (Å²) in [6.07, 6.45) is 2.67. The van der Waals surface area contributed by atoms with Gasteiger partial charge in [-0.15, -0.1) is 0 Å². The van der Waals surface area contributed by atoms with Crippen molar-refractivity contribution in [3.05, 3.63) is 30.1 Å². The van der Waals surface area contributed by atoms with Crippen LogP contribution in [0.5, 0.6) is 0 Å². The molecule has 0 aliphatic carbocycles. The Morgan fingerprint density at radius 3 is 2.76 bits per heavy atom. The fourth-order valence-electron chi connectivity index (χ4n) is 1.58. The largest absolute Gasteiger partial charge is 0.481 e. The molecule has 17 heavy (non-hydrogen) atoms. The zero-order valence-corrected chi connectivity index (χ0v) is 9.72. The number of hydrogen-bond donors (Lipinski definition) is 2. The van der Waals surface area contributed by atoms with E-state index in [1.807, 2.05) is 18.2 Å². The molecule has 2 N–H and O–H groups in total. The summed E-state index contributed by atoms with van der Waals surface area (Å²) in [7, 11) is 0. The van der Waals surface area contributed by atoms with Gasteiger partial charge in [-0.3, -0.25) is 14.6 Å². The maximum atomic E-state index is 11.0. The van der Waals surface area contributed by atoms with Crippen LogP contribution in [0.25, 0.3) is 0 Å². The summed E-state index contributed by atoms with van der Waals surface area (Å²) >= 11 is 0. The van der Waals surface area contributed by atoms with Crippen molar-refractivity contribution in [1.82, 2.24) is 10.3 Å². The number of aliphatic carboxylic acids is 1. The van der Waals surface area contributed by atoms with E-state index < -0.39 is 5.97 Å². The first-order chi connectivity index (χ1) is 8.08. The quantitative estimate of drug-likeness (QED) is 0.772. The number of aromatic nitrogens is 1. The molecule has 1 rings (SSSR count). The predicted molar refractivity (Wildman–Crippen MR) is 62.4 cm³/mol. The van der Waals surface area contributed by atoms with Crippen LogP contribution in [0.1, 0.15) is 25.5 Å². The molecule has 0 bridgehead atoms. The molecule has 5 nitrogen and oxygen atoms in total. The molecule has 1 amide bonds. The summed E-state index contributed by atoms with van der Waals surface area (Å²) in [5.74, 6) is -1.02. The number of pyridine rings is 1. The van der Waals surface area contributed by atoms with Gasteiger partial charge in [0.1, 0.15) is 0 Å². The van der Waals surface area contributed by atoms with Crippen molar-refractivity contribution in [2.24, 2.45) is 0 Å². The Labute approximate surface area is 99.9 Å². The molecule has 0 fully saturated rings. The van der Waals surface area contributed by atoms with E-state index in [9.17, 15) is 9.59 Å². The van der Waals surface area contributed by atoms with Crippen molar-refractivity contribution in [2.45, 2.75) is 32.2 Å². The number of carbonyl (C=O) groups excluding carboxylic acids is 1. The number of nitrogens with one attached hydrogen (secondary N) is 1. The van der Waals surface area contributed by atoms with E-state index in [1.165, 1.54) is 6.92 Å². The minimum absolute atomic E-state index is 0.0395. The number of carboxylic acids is 1. The third kappa shape index (κ3) is 5.65. The molecule has 1 aromatic rings. The number of rotatable bonds is 6. The van der Waals surface area contributed by atoms with Gasteiger partial charge in [-0.1, -0.05) is 6.07 Å². The second-order valence-electron chi connectivity index (χ2n) is 3.86. The van der Waals surface area contributed by atoms with Gasteiger partial charge in [0.25, 0.3) is 0 Å². The molecule has 1 aromatic heterocycles. The Hall–Kier alpha value is -1.91. The lowest BCUT2D eigenvalue weighted by atomic mass is 10.1. The second-order valence-corrected chi connectivity index (χ2v) is 3.86. The van der Waals surface area contributed by atoms with Crippen LogP contribution < -0.4 is 5.32 Å². The first-order valence-electron chi connectivity index (χ1n) is 5.46. The third-order valence-corrected chi connectivity index (χ3v) is 2.30. The minimum Gasteiger partial charge on any atom is -0.481 e. The molecule has 0 aromatic carbocycles. The lowest BCUT2D eigenvalue weighted by molar-refractivity contribution is -0.137. The Bertz CT molecular complexity index is 379. The van der Waals surface area contributed by atoms with Crippen LogP contribution in [0.2, 0.25) is 0 Å². The van der Waals surface area contributed by atoms with E-state index in [1.54, 1.807) is 6.20 Å². The van der Waals surface area contributed by atoms with Crippen LogP contribution in [-0.2, 0) is 16.0 Å². The van der Waals surface area contributed by atoms with Crippen LogP contribution in [-0.4, -0.2) is 28.0 Å². The molecule has 0 saturated heterocycles. The van der Waals surface area contributed by atoms with Crippen LogP contribution in [0.15, 0.2) is 24.4 Å². The first kappa shape index (κ1) is 13.2. The van der Waals surface area contributed by atoms with Crippen molar-refractivity contribution >= 4 is 11.9 Å². The fourth-order valence-corrected chi connectivity index (χ4v) is 1.58. The Morgan fingerprint density at radius 1 is 1.47 bits per heavy atom. The summed E-state index contributed by atoms with van der Waals surface area (Å²) in [4.78, 5) is 25.7. The number of carboxylic acid groups (broad SMARTS) is 1. The van der Waals surface area contributed by atoms with E-state index >= 15 is 0 Å². The molecular formula is C12H16N2O3. The van der Waals surface area contributed by atoms with Gasteiger partial charge in [0.2, 0.25) is 5.91 Å². The molecule has 0 spiro atoms. The van der Waals surface area contributed by atoms with Crippen LogP contribution in [0.4, 0.5) is 0 Å². The van der Waals surface area contributed by atoms with E-state index in [4.69, 9.17) is 5.11 Å². The molecule has 5 heteroatoms. The highest BCUT2D eigenvalue weighted by Gasteiger charge is 2.13. The second kappa shape index (κ2) is 6.62. The lowest BCUT2D eigenvalue weighted by Crippen LogP contribution is -2.35. The molecule has 1 heterocycles. The van der Waals surface area contributed by atoms with Crippen molar-refractivity contribution < 1.29 is 14.7 Å². The fraction of sp³-hybridized carbons (Fsp3) is 0.417. The highest BCUT2D eigenvalue weighted by atomic mass is 16.4. The lowest BCUT2D eigenvalue weighted by Gasteiger charge is -2.16. The van der Waals surface area contributed by atoms with Gasteiger partial charge in [-0.25, -0.2) is 0 Å². The van der Waals surface area contributed by atoms with Crippen LogP contribution in [0, 0.1) is 0 Å². The molecular weight excluding hydrogens is 220 g/mol. The van der Waals surface area contributed by atoms with Crippen LogP contribution >= 0.6 is 0 Å². The number of hydrogen-bond acceptors (Lipinski definition) is 3. The number of carbonyl (C=O) groups is 2. The monoisotopic (exact) mass is 236 g/mol. The summed E-state index contributed by atoms with van der Waals surface area (Å²) < 4.78 is 0. The van der Waals surface area contributed by atoms with Gasteiger partial charge in [0.05, 0.1) is 0 Å². The summed E-state index contributed by atoms with van der Waals surface area (Å²) in [6, 6.07) is 5.35. The standard InChI is InChI=1S/C12H16N2O3/c1-9(15)14-11(5-6-12(16)17)8-10-4-2-3-7-13-10/h2-4,7,11H,5-6,8H2,1H3,(H,14,15)(H,16,17). The molecule has 0 aliphatic heterocycles. The Morgan fingerprint density at radius 2 is 2.24 bits per heavy atom. The molecule has 1 unspecified atom stereocenters. The highest BCUT2D eigenvalue weighted by Crippen LogP contribution is 2.05. The first-order valence-corrected chi connectivity index (χ1v) is 5.46. The highest BCUT2D eigenvalue weighted by molar-refractivity contribution is 5.73.